The van der Waals surface area contributed by atoms with Gasteiger partial charge in [0.05, 0.1) is 23.4 Å². The normalized spacial score (nSPS) is 14.5. The Morgan fingerprint density at radius 2 is 1.93 bits per heavy atom. The second-order valence-electron chi connectivity index (χ2n) is 7.08. The number of furan rings is 1. The second kappa shape index (κ2) is 8.39. The molecule has 1 aromatic heterocycles. The van der Waals surface area contributed by atoms with E-state index in [0.717, 1.165) is 18.6 Å². The molecule has 0 saturated heterocycles. The SMILES string of the molecule is CCCCN1C(=O)c2ccc(C(=O)NCC(c3ccco3)N(C)C)cc2C1=O. The monoisotopic (exact) mass is 383 g/mol. The Hall–Kier alpha value is -2.93. The highest BCUT2D eigenvalue weighted by Crippen LogP contribution is 2.24. The van der Waals surface area contributed by atoms with Crippen LogP contribution in [0, 0.1) is 0 Å². The quantitative estimate of drug-likeness (QED) is 0.709. The number of imide groups is 1. The average Bonchev–Trinajstić information content (AvgIpc) is 3.28. The molecule has 0 spiro atoms. The van der Waals surface area contributed by atoms with Crippen LogP contribution in [0.3, 0.4) is 0 Å². The zero-order chi connectivity index (χ0) is 20.3. The third-order valence-electron chi connectivity index (χ3n) is 4.92. The van der Waals surface area contributed by atoms with Gasteiger partial charge in [0.1, 0.15) is 5.76 Å². The third kappa shape index (κ3) is 3.84. The first kappa shape index (κ1) is 19.8. The van der Waals surface area contributed by atoms with E-state index < -0.39 is 0 Å². The van der Waals surface area contributed by atoms with Gasteiger partial charge in [0, 0.05) is 18.7 Å². The van der Waals surface area contributed by atoms with E-state index in [1.165, 1.54) is 11.0 Å². The summed E-state index contributed by atoms with van der Waals surface area (Å²) in [7, 11) is 3.81. The van der Waals surface area contributed by atoms with E-state index >= 15 is 0 Å². The molecular weight excluding hydrogens is 358 g/mol. The molecule has 1 aliphatic heterocycles. The fraction of sp³-hybridized carbons (Fsp3) is 0.381. The zero-order valence-electron chi connectivity index (χ0n) is 16.4. The van der Waals surface area contributed by atoms with Crippen LogP contribution >= 0.6 is 0 Å². The van der Waals surface area contributed by atoms with Gasteiger partial charge in [-0.1, -0.05) is 13.3 Å². The molecule has 1 aliphatic rings. The highest BCUT2D eigenvalue weighted by Gasteiger charge is 2.35. The molecule has 2 heterocycles. The van der Waals surface area contributed by atoms with E-state index in [-0.39, 0.29) is 23.8 Å². The molecule has 1 atom stereocenters. The van der Waals surface area contributed by atoms with Crippen molar-refractivity contribution in [1.82, 2.24) is 15.1 Å². The molecule has 28 heavy (non-hydrogen) atoms. The number of rotatable bonds is 8. The first-order valence-corrected chi connectivity index (χ1v) is 9.42. The maximum atomic E-state index is 12.6. The number of carbonyl (C=O) groups is 3. The first-order valence-electron chi connectivity index (χ1n) is 9.42. The van der Waals surface area contributed by atoms with E-state index in [1.54, 1.807) is 24.5 Å². The van der Waals surface area contributed by atoms with Gasteiger partial charge in [0.15, 0.2) is 0 Å². The maximum Gasteiger partial charge on any atom is 0.261 e. The van der Waals surface area contributed by atoms with Gasteiger partial charge in [0.25, 0.3) is 17.7 Å². The van der Waals surface area contributed by atoms with Crippen LogP contribution in [-0.4, -0.2) is 54.7 Å². The molecule has 0 radical (unpaired) electrons. The van der Waals surface area contributed by atoms with Crippen LogP contribution in [0.15, 0.2) is 41.0 Å². The smallest absolute Gasteiger partial charge is 0.261 e. The van der Waals surface area contributed by atoms with Crippen LogP contribution in [0.2, 0.25) is 0 Å². The van der Waals surface area contributed by atoms with Crippen LogP contribution in [0.1, 0.15) is 62.6 Å². The van der Waals surface area contributed by atoms with Crippen molar-refractivity contribution in [3.8, 4) is 0 Å². The Kier molecular flexibility index (Phi) is 5.94. The number of benzene rings is 1. The number of fused-ring (bicyclic) bond motifs is 1. The summed E-state index contributed by atoms with van der Waals surface area (Å²) in [4.78, 5) is 40.8. The maximum absolute atomic E-state index is 12.6. The Morgan fingerprint density at radius 3 is 2.57 bits per heavy atom. The Balaban J connectivity index is 1.72. The summed E-state index contributed by atoms with van der Waals surface area (Å²) in [5, 5.41) is 2.88. The summed E-state index contributed by atoms with van der Waals surface area (Å²) in [5.41, 5.74) is 1.01. The highest BCUT2D eigenvalue weighted by atomic mass is 16.3. The summed E-state index contributed by atoms with van der Waals surface area (Å²) in [6, 6.07) is 8.21. The standard InChI is InChI=1S/C21H25N3O4/c1-4-5-10-24-20(26)15-9-8-14(12-16(15)21(24)27)19(25)22-13-17(23(2)3)18-7-6-11-28-18/h6-9,11-12,17H,4-5,10,13H2,1-3H3,(H,22,25). The predicted molar refractivity (Wildman–Crippen MR) is 104 cm³/mol. The first-order chi connectivity index (χ1) is 13.4. The molecule has 1 aromatic carbocycles. The highest BCUT2D eigenvalue weighted by molar-refractivity contribution is 6.22. The van der Waals surface area contributed by atoms with Crippen molar-refractivity contribution in [3.63, 3.8) is 0 Å². The van der Waals surface area contributed by atoms with Crippen molar-refractivity contribution in [2.24, 2.45) is 0 Å². The minimum absolute atomic E-state index is 0.110. The summed E-state index contributed by atoms with van der Waals surface area (Å²) < 4.78 is 5.44. The third-order valence-corrected chi connectivity index (χ3v) is 4.92. The fourth-order valence-electron chi connectivity index (χ4n) is 3.26. The van der Waals surface area contributed by atoms with Crippen LogP contribution in [-0.2, 0) is 0 Å². The van der Waals surface area contributed by atoms with Gasteiger partial charge >= 0.3 is 0 Å². The van der Waals surface area contributed by atoms with Gasteiger partial charge in [-0.25, -0.2) is 0 Å². The van der Waals surface area contributed by atoms with Gasteiger partial charge in [-0.3, -0.25) is 24.2 Å². The molecule has 0 saturated carbocycles. The van der Waals surface area contributed by atoms with Gasteiger partial charge in [-0.2, -0.15) is 0 Å². The van der Waals surface area contributed by atoms with Gasteiger partial charge in [-0.05, 0) is 50.8 Å². The molecule has 3 rings (SSSR count). The fourth-order valence-corrected chi connectivity index (χ4v) is 3.26. The molecule has 7 heteroatoms. The summed E-state index contributed by atoms with van der Waals surface area (Å²) in [6.07, 6.45) is 3.25. The molecule has 2 aromatic rings. The lowest BCUT2D eigenvalue weighted by molar-refractivity contribution is 0.0652. The van der Waals surface area contributed by atoms with Crippen molar-refractivity contribution in [3.05, 3.63) is 59.0 Å². The number of nitrogens with one attached hydrogen (secondary N) is 1. The van der Waals surface area contributed by atoms with E-state index in [9.17, 15) is 14.4 Å². The lowest BCUT2D eigenvalue weighted by atomic mass is 10.1. The number of unbranched alkanes of at least 4 members (excludes halogenated alkanes) is 1. The minimum Gasteiger partial charge on any atom is -0.468 e. The molecule has 148 valence electrons. The van der Waals surface area contributed by atoms with Gasteiger partial charge in [-0.15, -0.1) is 0 Å². The van der Waals surface area contributed by atoms with Crippen molar-refractivity contribution < 1.29 is 18.8 Å². The largest absolute Gasteiger partial charge is 0.468 e. The summed E-state index contributed by atoms with van der Waals surface area (Å²) in [6.45, 7) is 2.76. The predicted octanol–water partition coefficient (Wildman–Crippen LogP) is 2.71. The Bertz CT molecular complexity index is 874. The number of likely N-dealkylation sites (N-methyl/N-ethyl adjacent to an activating group) is 1. The number of amides is 3. The van der Waals surface area contributed by atoms with Crippen molar-refractivity contribution in [2.75, 3.05) is 27.2 Å². The molecule has 0 fully saturated rings. The molecule has 7 nitrogen and oxygen atoms in total. The van der Waals surface area contributed by atoms with E-state index in [0.29, 0.717) is 29.8 Å². The number of hydrogen-bond acceptors (Lipinski definition) is 5. The number of carbonyl (C=O) groups excluding carboxylic acids is 3. The Labute approximate surface area is 164 Å². The summed E-state index contributed by atoms with van der Waals surface area (Å²) >= 11 is 0. The molecule has 3 amide bonds. The van der Waals surface area contributed by atoms with Gasteiger partial charge in [0.2, 0.25) is 0 Å². The molecular formula is C21H25N3O4. The molecule has 0 aliphatic carbocycles. The van der Waals surface area contributed by atoms with Gasteiger partial charge < -0.3 is 9.73 Å². The minimum atomic E-state index is -0.329. The average molecular weight is 383 g/mol. The van der Waals surface area contributed by atoms with E-state index in [4.69, 9.17) is 4.42 Å². The van der Waals surface area contributed by atoms with Crippen LogP contribution in [0.5, 0.6) is 0 Å². The zero-order valence-corrected chi connectivity index (χ0v) is 16.4. The van der Waals surface area contributed by atoms with Crippen molar-refractivity contribution >= 4 is 17.7 Å². The lowest BCUT2D eigenvalue weighted by Gasteiger charge is -2.22. The van der Waals surface area contributed by atoms with Crippen LogP contribution in [0.25, 0.3) is 0 Å². The Morgan fingerprint density at radius 1 is 1.18 bits per heavy atom. The number of hydrogen-bond donors (Lipinski definition) is 1. The van der Waals surface area contributed by atoms with Crippen LogP contribution in [0.4, 0.5) is 0 Å². The molecule has 1 N–H and O–H groups in total. The van der Waals surface area contributed by atoms with E-state index in [2.05, 4.69) is 5.32 Å². The van der Waals surface area contributed by atoms with Crippen molar-refractivity contribution in [1.29, 1.82) is 0 Å². The number of nitrogens with zero attached hydrogens (tertiary/aromatic N) is 2. The second-order valence-corrected chi connectivity index (χ2v) is 7.08. The lowest BCUT2D eigenvalue weighted by Crippen LogP contribution is -2.34. The molecule has 0 bridgehead atoms. The van der Waals surface area contributed by atoms with E-state index in [1.807, 2.05) is 32.0 Å². The summed E-state index contributed by atoms with van der Waals surface area (Å²) in [5.74, 6) is -0.157. The topological polar surface area (TPSA) is 82.9 Å². The van der Waals surface area contributed by atoms with Crippen LogP contribution < -0.4 is 5.32 Å². The van der Waals surface area contributed by atoms with Crippen molar-refractivity contribution in [2.45, 2.75) is 25.8 Å². The molecule has 1 unspecified atom stereocenters.